The first-order valence-corrected chi connectivity index (χ1v) is 13.4. The topological polar surface area (TPSA) is 137 Å². The maximum absolute atomic E-state index is 13.3. The first-order valence-electron chi connectivity index (χ1n) is 11.8. The zero-order chi connectivity index (χ0) is 28.3. The number of carboxylic acid groups (broad SMARTS) is 1. The minimum absolute atomic E-state index is 0.00847. The van der Waals surface area contributed by atoms with Gasteiger partial charge in [0.25, 0.3) is 5.56 Å². The van der Waals surface area contributed by atoms with Gasteiger partial charge < -0.3 is 9.84 Å². The maximum atomic E-state index is 13.3. The lowest BCUT2D eigenvalue weighted by Gasteiger charge is -2.14. The van der Waals surface area contributed by atoms with E-state index in [4.69, 9.17) is 9.84 Å². The molecule has 0 amide bonds. The van der Waals surface area contributed by atoms with Crippen molar-refractivity contribution in [3.63, 3.8) is 0 Å². The highest BCUT2D eigenvalue weighted by atomic mass is 79.9. The lowest BCUT2D eigenvalue weighted by atomic mass is 10.1. The van der Waals surface area contributed by atoms with Crippen LogP contribution in [-0.4, -0.2) is 31.9 Å². The Hall–Kier alpha value is -3.90. The van der Waals surface area contributed by atoms with Gasteiger partial charge in [-0.25, -0.2) is 9.78 Å². The fourth-order valence-corrected chi connectivity index (χ4v) is 4.70. The fraction of sp³-hybridized carbons (Fsp3) is 0.185. The molecule has 0 bridgehead atoms. The normalized spacial score (nSPS) is 12.1. The molecule has 0 aliphatic rings. The molecule has 12 heteroatoms. The Morgan fingerprint density at radius 1 is 1.21 bits per heavy atom. The molecule has 0 fully saturated rings. The van der Waals surface area contributed by atoms with Crippen LogP contribution in [0.5, 0.6) is 5.75 Å². The van der Waals surface area contributed by atoms with E-state index in [2.05, 4.69) is 41.9 Å². The average Bonchev–Trinajstić information content (AvgIpc) is 2.91. The largest absolute Gasteiger partial charge is 0.481 e. The van der Waals surface area contributed by atoms with Gasteiger partial charge in [-0.3, -0.25) is 14.9 Å². The van der Waals surface area contributed by atoms with Crippen molar-refractivity contribution in [3.05, 3.63) is 107 Å². The van der Waals surface area contributed by atoms with E-state index < -0.39 is 10.9 Å². The van der Waals surface area contributed by atoms with Gasteiger partial charge in [-0.2, -0.15) is 9.78 Å². The number of aromatic carboxylic acids is 1. The van der Waals surface area contributed by atoms with Gasteiger partial charge in [0, 0.05) is 22.0 Å². The summed E-state index contributed by atoms with van der Waals surface area (Å²) >= 11 is 6.73. The Morgan fingerprint density at radius 3 is 2.56 bits per heavy atom. The second-order valence-electron chi connectivity index (χ2n) is 8.70. The number of ether oxygens (including phenoxy) is 1. The van der Waals surface area contributed by atoms with E-state index in [1.165, 1.54) is 29.1 Å². The molecule has 1 N–H and O–H groups in total. The van der Waals surface area contributed by atoms with Crippen LogP contribution in [0.15, 0.2) is 73.4 Å². The molecule has 0 saturated carbocycles. The fourth-order valence-electron chi connectivity index (χ4n) is 3.75. The molecular formula is C27H22Br2N4O6. The van der Waals surface area contributed by atoms with Crippen LogP contribution in [0.4, 0.5) is 5.69 Å². The van der Waals surface area contributed by atoms with Crippen molar-refractivity contribution < 1.29 is 19.6 Å². The van der Waals surface area contributed by atoms with Gasteiger partial charge in [-0.05, 0) is 64.3 Å². The van der Waals surface area contributed by atoms with Gasteiger partial charge in [0.2, 0.25) is 5.75 Å². The number of nitro benzene ring substituents is 1. The number of carbonyl (C=O) groups is 1. The highest BCUT2D eigenvalue weighted by Crippen LogP contribution is 2.36. The predicted octanol–water partition coefficient (Wildman–Crippen LogP) is 6.50. The Kier molecular flexibility index (Phi) is 8.56. The van der Waals surface area contributed by atoms with Gasteiger partial charge >= 0.3 is 11.7 Å². The smallest absolute Gasteiger partial charge is 0.335 e. The van der Waals surface area contributed by atoms with Gasteiger partial charge in [0.15, 0.2) is 0 Å². The summed E-state index contributed by atoms with van der Waals surface area (Å²) in [6.07, 6.45) is 2.09. The van der Waals surface area contributed by atoms with Gasteiger partial charge in [-0.15, -0.1) is 0 Å². The highest BCUT2D eigenvalue weighted by molar-refractivity contribution is 9.10. The second-order valence-corrected chi connectivity index (χ2v) is 10.5. The summed E-state index contributed by atoms with van der Waals surface area (Å²) in [5.41, 5.74) is 1.03. The van der Waals surface area contributed by atoms with Crippen LogP contribution in [0.3, 0.4) is 0 Å². The third kappa shape index (κ3) is 6.23. The Balaban J connectivity index is 1.69. The number of aromatic nitrogens is 2. The summed E-state index contributed by atoms with van der Waals surface area (Å²) in [6.45, 7) is 3.91. The Morgan fingerprint density at radius 2 is 1.92 bits per heavy atom. The number of carboxylic acids is 1. The van der Waals surface area contributed by atoms with E-state index in [0.717, 1.165) is 10.9 Å². The minimum atomic E-state index is -1.05. The van der Waals surface area contributed by atoms with E-state index in [9.17, 15) is 19.7 Å². The van der Waals surface area contributed by atoms with Crippen LogP contribution in [0.2, 0.25) is 0 Å². The number of nitro groups is 1. The SMILES string of the molecule is CC[C@@H](C)c1nc2ccc(Br)cc2c(=O)n1N=Cc1cc(Br)c(OCc2ccc(C(=O)O)cc2)c([N+](=O)[O-])c1. The lowest BCUT2D eigenvalue weighted by molar-refractivity contribution is -0.386. The van der Waals surface area contributed by atoms with Crippen molar-refractivity contribution in [1.29, 1.82) is 0 Å². The van der Waals surface area contributed by atoms with Crippen molar-refractivity contribution in [2.24, 2.45) is 5.10 Å². The highest BCUT2D eigenvalue weighted by Gasteiger charge is 2.21. The van der Waals surface area contributed by atoms with Crippen LogP contribution < -0.4 is 10.3 Å². The summed E-state index contributed by atoms with van der Waals surface area (Å²) in [6, 6.07) is 14.2. The van der Waals surface area contributed by atoms with Crippen molar-refractivity contribution in [2.45, 2.75) is 32.8 Å². The predicted molar refractivity (Wildman–Crippen MR) is 154 cm³/mol. The number of hydrogen-bond donors (Lipinski definition) is 1. The number of fused-ring (bicyclic) bond motifs is 1. The Labute approximate surface area is 239 Å². The molecule has 0 saturated heterocycles. The van der Waals surface area contributed by atoms with Gasteiger partial charge in [0.1, 0.15) is 12.4 Å². The standard InChI is InChI=1S/C27H22Br2N4O6/c1-3-15(2)25-31-22-9-8-19(28)12-20(22)26(34)32(25)30-13-17-10-21(29)24(23(11-17)33(37)38)39-14-16-4-6-18(7-5-16)27(35)36/h4-13,15H,3,14H2,1-2H3,(H,35,36)/t15-/m1/s1. The molecule has 4 aromatic rings. The lowest BCUT2D eigenvalue weighted by Crippen LogP contribution is -2.23. The third-order valence-corrected chi connectivity index (χ3v) is 7.12. The molecular weight excluding hydrogens is 636 g/mol. The summed E-state index contributed by atoms with van der Waals surface area (Å²) < 4.78 is 8.00. The first kappa shape index (κ1) is 28.1. The monoisotopic (exact) mass is 656 g/mol. The van der Waals surface area contributed by atoms with Gasteiger partial charge in [0.05, 0.1) is 32.1 Å². The number of hydrogen-bond acceptors (Lipinski definition) is 7. The van der Waals surface area contributed by atoms with Crippen LogP contribution in [-0.2, 0) is 6.61 Å². The van der Waals surface area contributed by atoms with E-state index in [0.29, 0.717) is 32.3 Å². The van der Waals surface area contributed by atoms with E-state index >= 15 is 0 Å². The van der Waals surface area contributed by atoms with Crippen molar-refractivity contribution in [1.82, 2.24) is 9.66 Å². The second kappa shape index (κ2) is 11.9. The molecule has 0 aliphatic heterocycles. The molecule has 0 aliphatic carbocycles. The zero-order valence-electron chi connectivity index (χ0n) is 20.8. The maximum Gasteiger partial charge on any atom is 0.335 e. The molecule has 1 aromatic heterocycles. The number of benzene rings is 3. The summed E-state index contributed by atoms with van der Waals surface area (Å²) in [5, 5.41) is 25.7. The molecule has 3 aromatic carbocycles. The molecule has 0 unspecified atom stereocenters. The molecule has 1 atom stereocenters. The van der Waals surface area contributed by atoms with Crippen molar-refractivity contribution in [2.75, 3.05) is 0 Å². The average molecular weight is 658 g/mol. The first-order chi connectivity index (χ1) is 18.6. The summed E-state index contributed by atoms with van der Waals surface area (Å²) in [4.78, 5) is 40.3. The molecule has 1 heterocycles. The quantitative estimate of drug-likeness (QED) is 0.123. The van der Waals surface area contributed by atoms with Crippen LogP contribution >= 0.6 is 31.9 Å². The van der Waals surface area contributed by atoms with E-state index in [-0.39, 0.29) is 35.1 Å². The van der Waals surface area contributed by atoms with Crippen LogP contribution in [0.1, 0.15) is 53.5 Å². The van der Waals surface area contributed by atoms with E-state index in [1.807, 2.05) is 19.9 Å². The zero-order valence-corrected chi connectivity index (χ0v) is 24.0. The summed E-state index contributed by atoms with van der Waals surface area (Å²) in [7, 11) is 0. The van der Waals surface area contributed by atoms with E-state index in [1.54, 1.807) is 30.3 Å². The summed E-state index contributed by atoms with van der Waals surface area (Å²) in [5.74, 6) is -0.626. The molecule has 39 heavy (non-hydrogen) atoms. The molecule has 200 valence electrons. The third-order valence-electron chi connectivity index (χ3n) is 6.04. The number of halogens is 2. The molecule has 0 spiro atoms. The Bertz CT molecular complexity index is 1670. The van der Waals surface area contributed by atoms with Gasteiger partial charge in [-0.1, -0.05) is 41.9 Å². The number of rotatable bonds is 9. The molecule has 4 rings (SSSR count). The molecule has 10 nitrogen and oxygen atoms in total. The van der Waals surface area contributed by atoms with Crippen molar-refractivity contribution >= 4 is 60.6 Å². The van der Waals surface area contributed by atoms with Crippen LogP contribution in [0.25, 0.3) is 10.9 Å². The van der Waals surface area contributed by atoms with Crippen LogP contribution in [0, 0.1) is 10.1 Å². The minimum Gasteiger partial charge on any atom is -0.481 e. The molecule has 0 radical (unpaired) electrons. The van der Waals surface area contributed by atoms with Crippen molar-refractivity contribution in [3.8, 4) is 5.75 Å². The number of nitrogens with zero attached hydrogens (tertiary/aromatic N) is 4.